The minimum Gasteiger partial charge on any atom is -0.486 e. The van der Waals surface area contributed by atoms with E-state index in [2.05, 4.69) is 5.32 Å². The van der Waals surface area contributed by atoms with Gasteiger partial charge in [0.1, 0.15) is 23.9 Å². The number of hydrogen-bond acceptors (Lipinski definition) is 4. The van der Waals surface area contributed by atoms with Crippen LogP contribution in [0, 0.1) is 12.7 Å². The minimum atomic E-state index is -0.335. The van der Waals surface area contributed by atoms with Gasteiger partial charge in [0.2, 0.25) is 5.91 Å². The minimum absolute atomic E-state index is 0.0448. The molecule has 0 bridgehead atoms. The molecule has 6 nitrogen and oxygen atoms in total. The van der Waals surface area contributed by atoms with E-state index < -0.39 is 0 Å². The second kappa shape index (κ2) is 10.9. The van der Waals surface area contributed by atoms with Crippen LogP contribution in [0.5, 0.6) is 5.75 Å². The molecule has 0 saturated carbocycles. The maximum atomic E-state index is 13.6. The van der Waals surface area contributed by atoms with Gasteiger partial charge in [0, 0.05) is 18.7 Å². The summed E-state index contributed by atoms with van der Waals surface area (Å²) in [6, 6.07) is 22.7. The first-order valence-corrected chi connectivity index (χ1v) is 12.7. The monoisotopic (exact) mass is 512 g/mol. The zero-order chi connectivity index (χ0) is 26.6. The van der Waals surface area contributed by atoms with E-state index in [1.165, 1.54) is 12.1 Å². The fourth-order valence-corrected chi connectivity index (χ4v) is 4.81. The molecule has 5 rings (SSSR count). The highest BCUT2D eigenvalue weighted by atomic mass is 19.1. The Labute approximate surface area is 221 Å². The zero-order valence-electron chi connectivity index (χ0n) is 21.4. The zero-order valence-corrected chi connectivity index (χ0v) is 21.4. The average Bonchev–Trinajstić information content (AvgIpc) is 3.41. The third kappa shape index (κ3) is 5.47. The number of anilines is 1. The van der Waals surface area contributed by atoms with Crippen molar-refractivity contribution >= 4 is 17.5 Å². The van der Waals surface area contributed by atoms with Crippen molar-refractivity contribution in [3.8, 4) is 5.75 Å². The van der Waals surface area contributed by atoms with Gasteiger partial charge in [-0.2, -0.15) is 0 Å². The summed E-state index contributed by atoms with van der Waals surface area (Å²) in [6.45, 7) is 4.54. The third-order valence-electron chi connectivity index (χ3n) is 6.70. The number of nitrogens with one attached hydrogen (secondary N) is 1. The molecule has 0 fully saturated rings. The van der Waals surface area contributed by atoms with Gasteiger partial charge in [0.15, 0.2) is 5.76 Å². The molecular formula is C31H29FN2O4. The second-order valence-corrected chi connectivity index (χ2v) is 9.38. The number of ether oxygens (including phenoxy) is 1. The van der Waals surface area contributed by atoms with Crippen LogP contribution in [-0.4, -0.2) is 23.3 Å². The van der Waals surface area contributed by atoms with Gasteiger partial charge >= 0.3 is 0 Å². The van der Waals surface area contributed by atoms with E-state index in [4.69, 9.17) is 9.15 Å². The largest absolute Gasteiger partial charge is 0.486 e. The van der Waals surface area contributed by atoms with Crippen LogP contribution < -0.4 is 10.1 Å². The quantitative estimate of drug-likeness (QED) is 0.309. The van der Waals surface area contributed by atoms with Crippen molar-refractivity contribution in [2.75, 3.05) is 11.9 Å². The summed E-state index contributed by atoms with van der Waals surface area (Å²) >= 11 is 0. The van der Waals surface area contributed by atoms with Crippen LogP contribution in [0.1, 0.15) is 58.0 Å². The Balaban J connectivity index is 1.33. The van der Waals surface area contributed by atoms with Crippen LogP contribution in [0.3, 0.4) is 0 Å². The number of amides is 2. The SMILES string of the molecule is CCC(=O)N1CCc2ccc(OCc3ccc(C(=O)Nc4cccc(C)c4)o3)cc2C1c1ccc(F)cc1. The summed E-state index contributed by atoms with van der Waals surface area (Å²) in [6.07, 6.45) is 1.12. The molecule has 2 amide bonds. The molecule has 3 aromatic carbocycles. The molecule has 1 aliphatic rings. The molecular weight excluding hydrogens is 483 g/mol. The topological polar surface area (TPSA) is 71.8 Å². The summed E-state index contributed by atoms with van der Waals surface area (Å²) in [4.78, 5) is 27.2. The van der Waals surface area contributed by atoms with Crippen LogP contribution in [-0.2, 0) is 17.8 Å². The fourth-order valence-electron chi connectivity index (χ4n) is 4.81. The first-order chi connectivity index (χ1) is 18.4. The number of carbonyl (C=O) groups is 2. The van der Waals surface area contributed by atoms with Crippen molar-refractivity contribution in [1.29, 1.82) is 0 Å². The molecule has 2 heterocycles. The average molecular weight is 513 g/mol. The molecule has 0 saturated heterocycles. The number of rotatable bonds is 7. The van der Waals surface area contributed by atoms with Gasteiger partial charge < -0.3 is 19.4 Å². The lowest BCUT2D eigenvalue weighted by Crippen LogP contribution is -2.40. The van der Waals surface area contributed by atoms with Gasteiger partial charge in [-0.1, -0.05) is 37.3 Å². The molecule has 38 heavy (non-hydrogen) atoms. The molecule has 7 heteroatoms. The molecule has 194 valence electrons. The van der Waals surface area contributed by atoms with E-state index in [1.807, 2.05) is 61.2 Å². The molecule has 0 radical (unpaired) electrons. The summed E-state index contributed by atoms with van der Waals surface area (Å²) in [5.41, 5.74) is 4.68. The van der Waals surface area contributed by atoms with Gasteiger partial charge in [-0.3, -0.25) is 9.59 Å². The van der Waals surface area contributed by atoms with Crippen molar-refractivity contribution < 1.29 is 23.1 Å². The van der Waals surface area contributed by atoms with Crippen LogP contribution in [0.15, 0.2) is 83.3 Å². The lowest BCUT2D eigenvalue weighted by molar-refractivity contribution is -0.132. The Morgan fingerprint density at radius 3 is 2.63 bits per heavy atom. The number of nitrogens with zero attached hydrogens (tertiary/aromatic N) is 1. The second-order valence-electron chi connectivity index (χ2n) is 9.38. The van der Waals surface area contributed by atoms with Crippen molar-refractivity contribution in [2.24, 2.45) is 0 Å². The number of hydrogen-bond donors (Lipinski definition) is 1. The van der Waals surface area contributed by atoms with Crippen LogP contribution in [0.25, 0.3) is 0 Å². The lowest BCUT2D eigenvalue weighted by atomic mass is 9.87. The molecule has 0 spiro atoms. The van der Waals surface area contributed by atoms with Gasteiger partial charge in [0.25, 0.3) is 5.91 Å². The molecule has 1 aliphatic heterocycles. The lowest BCUT2D eigenvalue weighted by Gasteiger charge is -2.38. The number of fused-ring (bicyclic) bond motifs is 1. The van der Waals surface area contributed by atoms with Gasteiger partial charge in [-0.15, -0.1) is 0 Å². The van der Waals surface area contributed by atoms with Crippen molar-refractivity contribution in [1.82, 2.24) is 4.90 Å². The van der Waals surface area contributed by atoms with E-state index >= 15 is 0 Å². The molecule has 4 aromatic rings. The number of aryl methyl sites for hydroxylation is 1. The molecule has 1 unspecified atom stereocenters. The fraction of sp³-hybridized carbons (Fsp3) is 0.226. The summed E-state index contributed by atoms with van der Waals surface area (Å²) in [5, 5.41) is 2.83. The smallest absolute Gasteiger partial charge is 0.291 e. The van der Waals surface area contributed by atoms with Crippen molar-refractivity contribution in [2.45, 2.75) is 39.3 Å². The maximum Gasteiger partial charge on any atom is 0.291 e. The number of halogens is 1. The third-order valence-corrected chi connectivity index (χ3v) is 6.70. The Bertz CT molecular complexity index is 1460. The van der Waals surface area contributed by atoms with Crippen molar-refractivity contribution in [3.05, 3.63) is 118 Å². The Kier molecular flexibility index (Phi) is 7.26. The normalized spacial score (nSPS) is 14.6. The Hall–Kier alpha value is -4.39. The highest BCUT2D eigenvalue weighted by Gasteiger charge is 2.31. The van der Waals surface area contributed by atoms with E-state index in [0.29, 0.717) is 30.2 Å². The standard InChI is InChI=1S/C31H29FN2O4/c1-3-29(35)34-16-15-21-9-12-25(18-27(21)30(34)22-7-10-23(32)11-8-22)37-19-26-13-14-28(38-26)31(36)33-24-6-4-5-20(2)17-24/h4-14,17-18,30H,3,15-16,19H2,1-2H3,(H,33,36). The Morgan fingerprint density at radius 2 is 1.87 bits per heavy atom. The molecule has 1 N–H and O–H groups in total. The molecule has 1 aromatic heterocycles. The first kappa shape index (κ1) is 25.3. The first-order valence-electron chi connectivity index (χ1n) is 12.7. The van der Waals surface area contributed by atoms with Gasteiger partial charge in [-0.25, -0.2) is 4.39 Å². The van der Waals surface area contributed by atoms with E-state index in [9.17, 15) is 14.0 Å². The highest BCUT2D eigenvalue weighted by molar-refractivity contribution is 6.02. The summed E-state index contributed by atoms with van der Waals surface area (Å²) < 4.78 is 25.4. The van der Waals surface area contributed by atoms with E-state index in [1.54, 1.807) is 24.3 Å². The van der Waals surface area contributed by atoms with Crippen LogP contribution >= 0.6 is 0 Å². The number of carbonyl (C=O) groups excluding carboxylic acids is 2. The van der Waals surface area contributed by atoms with Gasteiger partial charge in [-0.05, 0) is 84.1 Å². The molecule has 1 atom stereocenters. The summed E-state index contributed by atoms with van der Waals surface area (Å²) in [7, 11) is 0. The highest BCUT2D eigenvalue weighted by Crippen LogP contribution is 2.37. The number of furan rings is 1. The summed E-state index contributed by atoms with van der Waals surface area (Å²) in [5.74, 6) is 0.710. The van der Waals surface area contributed by atoms with Gasteiger partial charge in [0.05, 0.1) is 6.04 Å². The van der Waals surface area contributed by atoms with Crippen LogP contribution in [0.4, 0.5) is 10.1 Å². The van der Waals surface area contributed by atoms with E-state index in [0.717, 1.165) is 28.7 Å². The van der Waals surface area contributed by atoms with Crippen molar-refractivity contribution in [3.63, 3.8) is 0 Å². The number of benzene rings is 3. The maximum absolute atomic E-state index is 13.6. The predicted molar refractivity (Wildman–Crippen MR) is 143 cm³/mol. The van der Waals surface area contributed by atoms with E-state index in [-0.39, 0.29) is 36.0 Å². The molecule has 0 aliphatic carbocycles. The Morgan fingerprint density at radius 1 is 1.05 bits per heavy atom. The van der Waals surface area contributed by atoms with Crippen LogP contribution in [0.2, 0.25) is 0 Å². The predicted octanol–water partition coefficient (Wildman–Crippen LogP) is 6.44.